The van der Waals surface area contributed by atoms with Gasteiger partial charge in [-0.15, -0.1) is 0 Å². The molecule has 1 fully saturated rings. The van der Waals surface area contributed by atoms with Crippen molar-refractivity contribution < 1.29 is 4.79 Å². The summed E-state index contributed by atoms with van der Waals surface area (Å²) < 4.78 is 2.12. The Morgan fingerprint density at radius 2 is 1.97 bits per heavy atom. The van der Waals surface area contributed by atoms with Crippen LogP contribution in [0.15, 0.2) is 18.2 Å². The van der Waals surface area contributed by atoms with Crippen LogP contribution in [-0.2, 0) is 17.6 Å². The van der Waals surface area contributed by atoms with Gasteiger partial charge in [0.25, 0.3) is 0 Å². The minimum atomic E-state index is 0.0876. The Balaban J connectivity index is 1.46. The fourth-order valence-electron chi connectivity index (χ4n) is 3.97. The first-order valence-corrected chi connectivity index (χ1v) is 10.4. The van der Waals surface area contributed by atoms with Crippen LogP contribution in [0.1, 0.15) is 44.2 Å². The van der Waals surface area contributed by atoms with Gasteiger partial charge in [-0.1, -0.05) is 6.92 Å². The Bertz CT molecular complexity index is 1010. The number of rotatable bonds is 5. The molecule has 1 saturated heterocycles. The Hall–Kier alpha value is -2.90. The van der Waals surface area contributed by atoms with E-state index in [2.05, 4.69) is 63.7 Å². The molecule has 8 nitrogen and oxygen atoms in total. The van der Waals surface area contributed by atoms with Crippen LogP contribution < -0.4 is 4.90 Å². The maximum atomic E-state index is 12.6. The Kier molecular flexibility index (Phi) is 5.25. The van der Waals surface area contributed by atoms with Crippen LogP contribution in [0.2, 0.25) is 0 Å². The predicted molar refractivity (Wildman–Crippen MR) is 113 cm³/mol. The number of aryl methyl sites for hydroxylation is 2. The molecular formula is C21H29N7O. The smallest absolute Gasteiger partial charge is 0.230 e. The summed E-state index contributed by atoms with van der Waals surface area (Å²) in [6.45, 7) is 11.4. The van der Waals surface area contributed by atoms with Crippen LogP contribution in [-0.4, -0.2) is 61.9 Å². The van der Waals surface area contributed by atoms with Crippen LogP contribution in [0.4, 0.5) is 5.69 Å². The Morgan fingerprint density at radius 3 is 2.59 bits per heavy atom. The highest BCUT2D eigenvalue weighted by Crippen LogP contribution is 2.28. The van der Waals surface area contributed by atoms with E-state index in [4.69, 9.17) is 5.10 Å². The highest BCUT2D eigenvalue weighted by molar-refractivity contribution is 5.86. The third kappa shape index (κ3) is 3.83. The number of nitrogens with zero attached hydrogens (tertiary/aromatic N) is 6. The summed E-state index contributed by atoms with van der Waals surface area (Å²) >= 11 is 0. The van der Waals surface area contributed by atoms with Crippen molar-refractivity contribution in [3.8, 4) is 0 Å². The number of fused-ring (bicyclic) bond motifs is 1. The number of carbonyl (C=O) groups is 1. The van der Waals surface area contributed by atoms with Gasteiger partial charge in [-0.2, -0.15) is 10.2 Å². The summed E-state index contributed by atoms with van der Waals surface area (Å²) in [5.41, 5.74) is 3.53. The first kappa shape index (κ1) is 19.4. The van der Waals surface area contributed by atoms with Gasteiger partial charge in [0.15, 0.2) is 5.82 Å². The number of benzene rings is 1. The zero-order valence-electron chi connectivity index (χ0n) is 17.6. The summed E-state index contributed by atoms with van der Waals surface area (Å²) in [6.07, 6.45) is 1.18. The largest absolute Gasteiger partial charge is 0.368 e. The van der Waals surface area contributed by atoms with Crippen molar-refractivity contribution in [1.82, 2.24) is 29.9 Å². The molecule has 29 heavy (non-hydrogen) atoms. The molecule has 8 heteroatoms. The number of H-pyrrole nitrogens is 1. The van der Waals surface area contributed by atoms with E-state index in [0.29, 0.717) is 25.0 Å². The van der Waals surface area contributed by atoms with Crippen LogP contribution in [0.25, 0.3) is 10.9 Å². The lowest BCUT2D eigenvalue weighted by Crippen LogP contribution is -2.49. The van der Waals surface area contributed by atoms with Crippen molar-refractivity contribution in [2.24, 2.45) is 0 Å². The maximum Gasteiger partial charge on any atom is 0.230 e. The molecule has 0 bridgehead atoms. The number of anilines is 1. The van der Waals surface area contributed by atoms with E-state index < -0.39 is 0 Å². The molecule has 0 aliphatic carbocycles. The summed E-state index contributed by atoms with van der Waals surface area (Å²) in [4.78, 5) is 21.0. The van der Waals surface area contributed by atoms with E-state index in [1.807, 2.05) is 11.8 Å². The van der Waals surface area contributed by atoms with Crippen molar-refractivity contribution >= 4 is 22.5 Å². The van der Waals surface area contributed by atoms with Gasteiger partial charge in [-0.3, -0.25) is 14.6 Å². The van der Waals surface area contributed by atoms with E-state index in [1.165, 1.54) is 16.6 Å². The number of hydrogen-bond acceptors (Lipinski definition) is 5. The van der Waals surface area contributed by atoms with Gasteiger partial charge in [-0.05, 0) is 45.4 Å². The topological polar surface area (TPSA) is 82.9 Å². The molecule has 1 aromatic carbocycles. The van der Waals surface area contributed by atoms with Crippen molar-refractivity contribution in [2.45, 2.75) is 46.6 Å². The molecule has 4 rings (SSSR count). The Morgan fingerprint density at radius 1 is 1.21 bits per heavy atom. The second-order valence-electron chi connectivity index (χ2n) is 7.92. The van der Waals surface area contributed by atoms with E-state index in [9.17, 15) is 4.79 Å². The average Bonchev–Trinajstić information content (AvgIpc) is 3.30. The maximum absolute atomic E-state index is 12.6. The van der Waals surface area contributed by atoms with Crippen LogP contribution in [0, 0.1) is 6.92 Å². The summed E-state index contributed by atoms with van der Waals surface area (Å²) in [5.74, 6) is 1.39. The van der Waals surface area contributed by atoms with Crippen LogP contribution >= 0.6 is 0 Å². The molecule has 2 aromatic heterocycles. The lowest BCUT2D eigenvalue weighted by Gasteiger charge is -2.36. The molecule has 3 aromatic rings. The van der Waals surface area contributed by atoms with E-state index in [-0.39, 0.29) is 12.3 Å². The van der Waals surface area contributed by atoms with Gasteiger partial charge in [0.1, 0.15) is 5.82 Å². The van der Waals surface area contributed by atoms with Crippen molar-refractivity contribution in [3.05, 3.63) is 35.5 Å². The fraction of sp³-hybridized carbons (Fsp3) is 0.524. The second kappa shape index (κ2) is 7.85. The van der Waals surface area contributed by atoms with Gasteiger partial charge < -0.3 is 9.80 Å². The second-order valence-corrected chi connectivity index (χ2v) is 7.92. The molecule has 0 spiro atoms. The van der Waals surface area contributed by atoms with E-state index >= 15 is 0 Å². The molecule has 0 atom stereocenters. The standard InChI is InChI=1S/C21H29N7O/c1-5-18-17-7-6-16(12-19(17)28(25-18)14(2)3)26-8-10-27(11-9-26)21(29)13-20-22-15(4)23-24-20/h6-7,12,14H,5,8-11,13H2,1-4H3,(H,22,23,24). The molecule has 1 amide bonds. The zero-order valence-corrected chi connectivity index (χ0v) is 17.6. The molecule has 0 unspecified atom stereocenters. The highest BCUT2D eigenvalue weighted by atomic mass is 16.2. The third-order valence-electron chi connectivity index (χ3n) is 5.54. The minimum Gasteiger partial charge on any atom is -0.368 e. The van der Waals surface area contributed by atoms with E-state index in [0.717, 1.165) is 31.0 Å². The summed E-state index contributed by atoms with van der Waals surface area (Å²) in [5, 5.41) is 12.9. The SMILES string of the molecule is CCc1nn(C(C)C)c2cc(N3CCN(C(=O)Cc4n[nH]c(C)n4)CC3)ccc12. The van der Waals surface area contributed by atoms with Gasteiger partial charge in [-0.25, -0.2) is 4.98 Å². The number of amides is 1. The van der Waals surface area contributed by atoms with Gasteiger partial charge >= 0.3 is 0 Å². The number of aromatic amines is 1. The molecule has 1 N–H and O–H groups in total. The van der Waals surface area contributed by atoms with Crippen molar-refractivity contribution in [1.29, 1.82) is 0 Å². The third-order valence-corrected chi connectivity index (χ3v) is 5.54. The molecule has 1 aliphatic rings. The van der Waals surface area contributed by atoms with Crippen molar-refractivity contribution in [3.63, 3.8) is 0 Å². The monoisotopic (exact) mass is 395 g/mol. The number of piperazine rings is 1. The van der Waals surface area contributed by atoms with Crippen LogP contribution in [0.5, 0.6) is 0 Å². The highest BCUT2D eigenvalue weighted by Gasteiger charge is 2.23. The van der Waals surface area contributed by atoms with Gasteiger partial charge in [0.05, 0.1) is 17.6 Å². The number of carbonyl (C=O) groups excluding carboxylic acids is 1. The van der Waals surface area contributed by atoms with Crippen molar-refractivity contribution in [2.75, 3.05) is 31.1 Å². The zero-order chi connectivity index (χ0) is 20.5. The molecule has 0 saturated carbocycles. The molecule has 0 radical (unpaired) electrons. The first-order valence-electron chi connectivity index (χ1n) is 10.4. The molecular weight excluding hydrogens is 366 g/mol. The number of nitrogens with one attached hydrogen (secondary N) is 1. The van der Waals surface area contributed by atoms with Gasteiger partial charge in [0.2, 0.25) is 5.91 Å². The molecule has 1 aliphatic heterocycles. The normalized spacial score (nSPS) is 14.9. The lowest BCUT2D eigenvalue weighted by atomic mass is 10.1. The fourth-order valence-corrected chi connectivity index (χ4v) is 3.97. The van der Waals surface area contributed by atoms with E-state index in [1.54, 1.807) is 0 Å². The Labute approximate surface area is 170 Å². The minimum absolute atomic E-state index is 0.0876. The molecule has 3 heterocycles. The summed E-state index contributed by atoms with van der Waals surface area (Å²) in [7, 11) is 0. The molecule has 154 valence electrons. The average molecular weight is 396 g/mol. The quantitative estimate of drug-likeness (QED) is 0.718. The summed E-state index contributed by atoms with van der Waals surface area (Å²) in [6, 6.07) is 6.94. The number of hydrogen-bond donors (Lipinski definition) is 1. The van der Waals surface area contributed by atoms with Crippen LogP contribution in [0.3, 0.4) is 0 Å². The predicted octanol–water partition coefficient (Wildman–Crippen LogP) is 2.50. The first-order chi connectivity index (χ1) is 14.0. The number of aromatic nitrogens is 5. The van der Waals surface area contributed by atoms with Gasteiger partial charge in [0, 0.05) is 43.3 Å². The lowest BCUT2D eigenvalue weighted by molar-refractivity contribution is -0.130.